The first-order valence-corrected chi connectivity index (χ1v) is 8.19. The zero-order valence-corrected chi connectivity index (χ0v) is 15.8. The van der Waals surface area contributed by atoms with Gasteiger partial charge >= 0.3 is 0 Å². The molecule has 140 valence electrons. The van der Waals surface area contributed by atoms with Crippen molar-refractivity contribution in [3.63, 3.8) is 0 Å². The lowest BCUT2D eigenvalue weighted by molar-refractivity contribution is -0.125. The Balaban J connectivity index is 0.00000156. The summed E-state index contributed by atoms with van der Waals surface area (Å²) in [6.45, 7) is 1.08. The minimum atomic E-state index is -0.315. The number of rotatable bonds is 5. The van der Waals surface area contributed by atoms with Crippen LogP contribution in [0.25, 0.3) is 11.0 Å². The summed E-state index contributed by atoms with van der Waals surface area (Å²) in [5.74, 6) is 0.887. The minimum absolute atomic E-state index is 0. The lowest BCUT2D eigenvalue weighted by Gasteiger charge is -2.17. The van der Waals surface area contributed by atoms with Gasteiger partial charge in [-0.25, -0.2) is 9.37 Å². The number of nitrogens with one attached hydrogen (secondary N) is 1. The zero-order chi connectivity index (χ0) is 16.4. The van der Waals surface area contributed by atoms with E-state index in [9.17, 15) is 9.18 Å². The van der Waals surface area contributed by atoms with Crippen molar-refractivity contribution in [3.8, 4) is 0 Å². The second-order valence-electron chi connectivity index (χ2n) is 6.27. The summed E-state index contributed by atoms with van der Waals surface area (Å²) in [6, 6.07) is 4.93. The maximum Gasteiger partial charge on any atom is 0.223 e. The molecule has 1 fully saturated rings. The van der Waals surface area contributed by atoms with E-state index in [0.717, 1.165) is 30.6 Å². The van der Waals surface area contributed by atoms with Gasteiger partial charge in [0, 0.05) is 25.9 Å². The smallest absolute Gasteiger partial charge is 0.223 e. The summed E-state index contributed by atoms with van der Waals surface area (Å²) in [7, 11) is 1.87. The number of aromatic nitrogens is 2. The van der Waals surface area contributed by atoms with Crippen LogP contribution in [0.2, 0.25) is 0 Å². The number of imidazole rings is 1. The fraction of sp³-hybridized carbons (Fsp3) is 0.529. The van der Waals surface area contributed by atoms with Crippen LogP contribution in [-0.2, 0) is 18.3 Å². The quantitative estimate of drug-likeness (QED) is 0.823. The highest BCUT2D eigenvalue weighted by atomic mass is 35.5. The molecule has 8 heteroatoms. The van der Waals surface area contributed by atoms with Crippen molar-refractivity contribution in [1.82, 2.24) is 14.9 Å². The number of carbonyl (C=O) groups excluding carboxylic acids is 1. The van der Waals surface area contributed by atoms with Gasteiger partial charge in [0.1, 0.15) is 11.3 Å². The molecule has 1 amide bonds. The van der Waals surface area contributed by atoms with Gasteiger partial charge in [-0.2, -0.15) is 0 Å². The molecule has 0 saturated heterocycles. The van der Waals surface area contributed by atoms with Gasteiger partial charge in [0.05, 0.1) is 5.52 Å². The molecular weight excluding hydrogens is 366 g/mol. The topological polar surface area (TPSA) is 72.9 Å². The number of nitrogens with two attached hydrogens (primary N) is 1. The van der Waals surface area contributed by atoms with Gasteiger partial charge in [-0.3, -0.25) is 4.79 Å². The summed E-state index contributed by atoms with van der Waals surface area (Å²) in [5, 5.41) is 2.98. The van der Waals surface area contributed by atoms with Crippen LogP contribution in [0.3, 0.4) is 0 Å². The number of aryl methyl sites for hydroxylation is 1. The number of benzene rings is 1. The number of hydrogen-bond donors (Lipinski definition) is 2. The second-order valence-corrected chi connectivity index (χ2v) is 6.27. The van der Waals surface area contributed by atoms with E-state index >= 15 is 0 Å². The fourth-order valence-corrected chi connectivity index (χ4v) is 3.54. The Hall–Kier alpha value is -1.37. The van der Waals surface area contributed by atoms with Crippen molar-refractivity contribution in [2.24, 2.45) is 24.6 Å². The van der Waals surface area contributed by atoms with E-state index in [1.807, 2.05) is 17.7 Å². The normalized spacial score (nSPS) is 19.3. The molecule has 1 aromatic heterocycles. The van der Waals surface area contributed by atoms with E-state index in [-0.39, 0.29) is 42.5 Å². The maximum absolute atomic E-state index is 13.8. The number of carbonyl (C=O) groups is 1. The van der Waals surface area contributed by atoms with Crippen LogP contribution in [0.4, 0.5) is 4.39 Å². The molecule has 5 nitrogen and oxygen atoms in total. The Morgan fingerprint density at radius 3 is 2.84 bits per heavy atom. The third-order valence-corrected chi connectivity index (χ3v) is 4.90. The average molecular weight is 391 g/mol. The summed E-state index contributed by atoms with van der Waals surface area (Å²) < 4.78 is 15.6. The van der Waals surface area contributed by atoms with Crippen molar-refractivity contribution in [1.29, 1.82) is 0 Å². The molecule has 0 aliphatic heterocycles. The van der Waals surface area contributed by atoms with Crippen LogP contribution in [0.15, 0.2) is 18.2 Å². The first kappa shape index (κ1) is 21.7. The first-order valence-electron chi connectivity index (χ1n) is 8.19. The predicted molar refractivity (Wildman–Crippen MR) is 102 cm³/mol. The SMILES string of the molecule is Cl.Cl.Cn1c(CCNC(=O)[C@@H]2CCC[C@@H]2CN)nc2c(F)cccc21. The molecule has 1 aliphatic carbocycles. The minimum Gasteiger partial charge on any atom is -0.355 e. The largest absolute Gasteiger partial charge is 0.355 e. The van der Waals surface area contributed by atoms with Crippen LogP contribution in [0.1, 0.15) is 25.1 Å². The molecular formula is C17H25Cl2FN4O. The van der Waals surface area contributed by atoms with Gasteiger partial charge in [-0.1, -0.05) is 12.5 Å². The molecule has 0 unspecified atom stereocenters. The molecule has 0 spiro atoms. The van der Waals surface area contributed by atoms with Gasteiger partial charge in [0.25, 0.3) is 0 Å². The Morgan fingerprint density at radius 2 is 2.16 bits per heavy atom. The van der Waals surface area contributed by atoms with E-state index in [0.29, 0.717) is 30.9 Å². The number of hydrogen-bond acceptors (Lipinski definition) is 3. The van der Waals surface area contributed by atoms with Crippen LogP contribution in [0.5, 0.6) is 0 Å². The van der Waals surface area contributed by atoms with E-state index in [1.54, 1.807) is 6.07 Å². The lowest BCUT2D eigenvalue weighted by atomic mass is 9.95. The standard InChI is InChI=1S/C17H23FN4O.2ClH/c1-22-14-7-3-6-13(18)16(14)21-15(22)8-9-20-17(23)12-5-2-4-11(12)10-19;;/h3,6-7,11-12H,2,4-5,8-10,19H2,1H3,(H,20,23);2*1H/t11-,12-;;/m1../s1. The van der Waals surface area contributed by atoms with Crippen molar-refractivity contribution >= 4 is 41.8 Å². The van der Waals surface area contributed by atoms with Gasteiger partial charge in [-0.05, 0) is 37.4 Å². The molecule has 3 N–H and O–H groups in total. The highest BCUT2D eigenvalue weighted by Crippen LogP contribution is 2.30. The predicted octanol–water partition coefficient (Wildman–Crippen LogP) is 2.59. The van der Waals surface area contributed by atoms with Crippen molar-refractivity contribution < 1.29 is 9.18 Å². The van der Waals surface area contributed by atoms with Crippen LogP contribution < -0.4 is 11.1 Å². The number of amides is 1. The molecule has 2 aromatic rings. The highest BCUT2D eigenvalue weighted by Gasteiger charge is 2.31. The third kappa shape index (κ3) is 4.43. The van der Waals surface area contributed by atoms with Gasteiger partial charge in [0.2, 0.25) is 5.91 Å². The Kier molecular flexibility index (Phi) is 8.12. The second kappa shape index (κ2) is 9.36. The Morgan fingerprint density at radius 1 is 1.40 bits per heavy atom. The maximum atomic E-state index is 13.8. The third-order valence-electron chi connectivity index (χ3n) is 4.90. The molecule has 1 aromatic carbocycles. The zero-order valence-electron chi connectivity index (χ0n) is 14.2. The molecule has 2 atom stereocenters. The summed E-state index contributed by atoms with van der Waals surface area (Å²) in [4.78, 5) is 16.6. The van der Waals surface area contributed by atoms with E-state index in [2.05, 4.69) is 10.3 Å². The Bertz CT molecular complexity index is 722. The van der Waals surface area contributed by atoms with E-state index in [4.69, 9.17) is 5.73 Å². The number of nitrogens with zero attached hydrogens (tertiary/aromatic N) is 2. The van der Waals surface area contributed by atoms with Gasteiger partial charge in [0.15, 0.2) is 5.82 Å². The van der Waals surface area contributed by atoms with Crippen LogP contribution in [-0.4, -0.2) is 28.5 Å². The Labute approximate surface area is 159 Å². The monoisotopic (exact) mass is 390 g/mol. The summed E-state index contributed by atoms with van der Waals surface area (Å²) in [6.07, 6.45) is 3.62. The van der Waals surface area contributed by atoms with Crippen LogP contribution >= 0.6 is 24.8 Å². The van der Waals surface area contributed by atoms with Crippen molar-refractivity contribution in [2.75, 3.05) is 13.1 Å². The van der Waals surface area contributed by atoms with Crippen molar-refractivity contribution in [3.05, 3.63) is 29.8 Å². The summed E-state index contributed by atoms with van der Waals surface area (Å²) in [5.41, 5.74) is 6.88. The first-order chi connectivity index (χ1) is 11.1. The molecule has 0 bridgehead atoms. The number of halogens is 3. The van der Waals surface area contributed by atoms with Crippen LogP contribution in [0, 0.1) is 17.7 Å². The van der Waals surface area contributed by atoms with Crippen molar-refractivity contribution in [2.45, 2.75) is 25.7 Å². The summed E-state index contributed by atoms with van der Waals surface area (Å²) >= 11 is 0. The molecule has 1 saturated carbocycles. The van der Waals surface area contributed by atoms with E-state index in [1.165, 1.54) is 6.07 Å². The van der Waals surface area contributed by atoms with Gasteiger partial charge < -0.3 is 15.6 Å². The van der Waals surface area contributed by atoms with Gasteiger partial charge in [-0.15, -0.1) is 24.8 Å². The molecule has 25 heavy (non-hydrogen) atoms. The molecule has 0 radical (unpaired) electrons. The molecule has 3 rings (SSSR count). The number of fused-ring (bicyclic) bond motifs is 1. The molecule has 1 aliphatic rings. The molecule has 1 heterocycles. The average Bonchev–Trinajstić information content (AvgIpc) is 3.14. The fourth-order valence-electron chi connectivity index (χ4n) is 3.54. The lowest BCUT2D eigenvalue weighted by Crippen LogP contribution is -2.36. The number of para-hydroxylation sites is 1. The highest BCUT2D eigenvalue weighted by molar-refractivity contribution is 5.85. The van der Waals surface area contributed by atoms with E-state index < -0.39 is 0 Å².